The third-order valence-corrected chi connectivity index (χ3v) is 2.43. The molecule has 1 unspecified atom stereocenters. The second-order valence-electron chi connectivity index (χ2n) is 3.75. The standard InChI is InChI=1S/C10H13FN2O2/c11-9-5-8(1-3-12-9)13-6-10(14)2-4-15-7-10/h1,3,5,14H,2,4,6-7H2,(H,12,13). The highest BCUT2D eigenvalue weighted by Gasteiger charge is 2.31. The van der Waals surface area contributed by atoms with Gasteiger partial charge in [-0.3, -0.25) is 0 Å². The van der Waals surface area contributed by atoms with Crippen molar-refractivity contribution in [1.82, 2.24) is 4.98 Å². The zero-order valence-corrected chi connectivity index (χ0v) is 8.24. The number of ether oxygens (including phenoxy) is 1. The minimum absolute atomic E-state index is 0.327. The van der Waals surface area contributed by atoms with Crippen LogP contribution in [-0.4, -0.2) is 35.5 Å². The average molecular weight is 212 g/mol. The van der Waals surface area contributed by atoms with Crippen molar-refractivity contribution in [3.8, 4) is 0 Å². The largest absolute Gasteiger partial charge is 0.386 e. The Kier molecular flexibility index (Phi) is 2.83. The molecule has 0 amide bonds. The van der Waals surface area contributed by atoms with Crippen LogP contribution in [-0.2, 0) is 4.74 Å². The van der Waals surface area contributed by atoms with Gasteiger partial charge >= 0.3 is 0 Å². The van der Waals surface area contributed by atoms with Crippen LogP contribution in [0, 0.1) is 5.95 Å². The minimum Gasteiger partial charge on any atom is -0.386 e. The van der Waals surface area contributed by atoms with Crippen molar-refractivity contribution in [3.05, 3.63) is 24.3 Å². The molecule has 15 heavy (non-hydrogen) atoms. The zero-order valence-electron chi connectivity index (χ0n) is 8.24. The first-order valence-electron chi connectivity index (χ1n) is 4.84. The second kappa shape index (κ2) is 4.12. The molecule has 1 aliphatic heterocycles. The average Bonchev–Trinajstić information content (AvgIpc) is 2.63. The predicted molar refractivity (Wildman–Crippen MR) is 53.1 cm³/mol. The number of aliphatic hydroxyl groups is 1. The summed E-state index contributed by atoms with van der Waals surface area (Å²) >= 11 is 0. The Morgan fingerprint density at radius 3 is 3.20 bits per heavy atom. The maximum atomic E-state index is 12.7. The molecule has 2 N–H and O–H groups in total. The molecule has 0 saturated carbocycles. The van der Waals surface area contributed by atoms with Crippen LogP contribution in [0.4, 0.5) is 10.1 Å². The van der Waals surface area contributed by atoms with Crippen molar-refractivity contribution in [3.63, 3.8) is 0 Å². The molecule has 1 atom stereocenters. The van der Waals surface area contributed by atoms with E-state index in [1.165, 1.54) is 12.3 Å². The van der Waals surface area contributed by atoms with E-state index >= 15 is 0 Å². The van der Waals surface area contributed by atoms with Crippen LogP contribution in [0.3, 0.4) is 0 Å². The van der Waals surface area contributed by atoms with E-state index in [4.69, 9.17) is 4.74 Å². The van der Waals surface area contributed by atoms with Gasteiger partial charge in [-0.05, 0) is 6.07 Å². The van der Waals surface area contributed by atoms with Gasteiger partial charge in [0.2, 0.25) is 5.95 Å². The number of rotatable bonds is 3. The number of hydrogen-bond acceptors (Lipinski definition) is 4. The van der Waals surface area contributed by atoms with Crippen molar-refractivity contribution in [1.29, 1.82) is 0 Å². The summed E-state index contributed by atoms with van der Waals surface area (Å²) in [5, 5.41) is 12.9. The van der Waals surface area contributed by atoms with Crippen molar-refractivity contribution in [2.75, 3.05) is 25.1 Å². The van der Waals surface area contributed by atoms with Crippen LogP contribution in [0.15, 0.2) is 18.3 Å². The van der Waals surface area contributed by atoms with Gasteiger partial charge in [0.25, 0.3) is 0 Å². The molecule has 5 heteroatoms. The Morgan fingerprint density at radius 2 is 2.53 bits per heavy atom. The summed E-state index contributed by atoms with van der Waals surface area (Å²) in [6.45, 7) is 1.26. The van der Waals surface area contributed by atoms with Gasteiger partial charge in [0, 0.05) is 37.5 Å². The van der Waals surface area contributed by atoms with Crippen molar-refractivity contribution in [2.45, 2.75) is 12.0 Å². The van der Waals surface area contributed by atoms with Gasteiger partial charge in [0.1, 0.15) is 5.60 Å². The third kappa shape index (κ3) is 2.64. The Labute approximate surface area is 87.1 Å². The fourth-order valence-corrected chi connectivity index (χ4v) is 1.51. The molecular weight excluding hydrogens is 199 g/mol. The molecule has 0 radical (unpaired) electrons. The Hall–Kier alpha value is -1.20. The van der Waals surface area contributed by atoms with Crippen LogP contribution >= 0.6 is 0 Å². The molecule has 2 rings (SSSR count). The number of nitrogens with zero attached hydrogens (tertiary/aromatic N) is 1. The summed E-state index contributed by atoms with van der Waals surface area (Å²) in [5.74, 6) is -0.533. The predicted octanol–water partition coefficient (Wildman–Crippen LogP) is 0.784. The molecule has 0 aromatic carbocycles. The van der Waals surface area contributed by atoms with Gasteiger partial charge in [0.15, 0.2) is 0 Å². The molecule has 1 saturated heterocycles. The molecule has 0 spiro atoms. The van der Waals surface area contributed by atoms with E-state index in [2.05, 4.69) is 10.3 Å². The van der Waals surface area contributed by atoms with Gasteiger partial charge in [-0.15, -0.1) is 0 Å². The lowest BCUT2D eigenvalue weighted by Gasteiger charge is -2.21. The minimum atomic E-state index is -0.834. The van der Waals surface area contributed by atoms with E-state index in [9.17, 15) is 9.50 Å². The van der Waals surface area contributed by atoms with E-state index in [-0.39, 0.29) is 0 Å². The van der Waals surface area contributed by atoms with Crippen molar-refractivity contribution < 1.29 is 14.2 Å². The number of nitrogens with one attached hydrogen (secondary N) is 1. The number of aromatic nitrogens is 1. The fraction of sp³-hybridized carbons (Fsp3) is 0.500. The molecular formula is C10H13FN2O2. The van der Waals surface area contributed by atoms with Crippen molar-refractivity contribution in [2.24, 2.45) is 0 Å². The Bertz CT molecular complexity index is 340. The number of hydrogen-bond donors (Lipinski definition) is 2. The van der Waals surface area contributed by atoms with Gasteiger partial charge in [-0.2, -0.15) is 4.39 Å². The van der Waals surface area contributed by atoms with Crippen LogP contribution < -0.4 is 5.32 Å². The molecule has 1 aliphatic rings. The maximum Gasteiger partial charge on any atom is 0.214 e. The summed E-state index contributed by atoms with van der Waals surface area (Å²) in [5.41, 5.74) is -0.220. The Morgan fingerprint density at radius 1 is 1.67 bits per heavy atom. The lowest BCUT2D eigenvalue weighted by atomic mass is 10.0. The molecule has 4 nitrogen and oxygen atoms in total. The van der Waals surface area contributed by atoms with E-state index in [0.717, 1.165) is 0 Å². The second-order valence-corrected chi connectivity index (χ2v) is 3.75. The molecule has 1 aromatic rings. The quantitative estimate of drug-likeness (QED) is 0.727. The lowest BCUT2D eigenvalue weighted by molar-refractivity contribution is 0.0382. The monoisotopic (exact) mass is 212 g/mol. The molecule has 82 valence electrons. The summed E-state index contributed by atoms with van der Waals surface area (Å²) < 4.78 is 17.8. The number of pyridine rings is 1. The summed E-state index contributed by atoms with van der Waals surface area (Å²) in [7, 11) is 0. The smallest absolute Gasteiger partial charge is 0.214 e. The fourth-order valence-electron chi connectivity index (χ4n) is 1.51. The van der Waals surface area contributed by atoms with E-state index in [1.54, 1.807) is 6.07 Å². The molecule has 1 fully saturated rings. The number of anilines is 1. The molecule has 1 aromatic heterocycles. The van der Waals surface area contributed by atoms with E-state index in [1.807, 2.05) is 0 Å². The topological polar surface area (TPSA) is 54.4 Å². The van der Waals surface area contributed by atoms with E-state index in [0.29, 0.717) is 31.9 Å². The summed E-state index contributed by atoms with van der Waals surface area (Å²) in [4.78, 5) is 3.44. The highest BCUT2D eigenvalue weighted by atomic mass is 19.1. The lowest BCUT2D eigenvalue weighted by Crippen LogP contribution is -2.37. The first kappa shape index (κ1) is 10.3. The third-order valence-electron chi connectivity index (χ3n) is 2.43. The highest BCUT2D eigenvalue weighted by Crippen LogP contribution is 2.19. The Balaban J connectivity index is 1.92. The van der Waals surface area contributed by atoms with Gasteiger partial charge in [0.05, 0.1) is 6.61 Å². The normalized spacial score (nSPS) is 25.5. The van der Waals surface area contributed by atoms with Gasteiger partial charge < -0.3 is 15.2 Å². The van der Waals surface area contributed by atoms with Crippen LogP contribution in [0.25, 0.3) is 0 Å². The van der Waals surface area contributed by atoms with Crippen LogP contribution in [0.1, 0.15) is 6.42 Å². The van der Waals surface area contributed by atoms with Crippen molar-refractivity contribution >= 4 is 5.69 Å². The first-order chi connectivity index (χ1) is 7.18. The molecule has 0 aliphatic carbocycles. The van der Waals surface area contributed by atoms with Crippen LogP contribution in [0.5, 0.6) is 0 Å². The number of halogens is 1. The van der Waals surface area contributed by atoms with Crippen LogP contribution in [0.2, 0.25) is 0 Å². The van der Waals surface area contributed by atoms with E-state index < -0.39 is 11.5 Å². The highest BCUT2D eigenvalue weighted by molar-refractivity contribution is 5.41. The molecule has 0 bridgehead atoms. The van der Waals surface area contributed by atoms with Gasteiger partial charge in [-0.25, -0.2) is 4.98 Å². The zero-order chi connectivity index (χ0) is 10.7. The summed E-state index contributed by atoms with van der Waals surface area (Å²) in [6, 6.07) is 2.95. The SMILES string of the molecule is OC1(CNc2ccnc(F)c2)CCOC1. The molecule has 2 heterocycles. The maximum absolute atomic E-state index is 12.7. The first-order valence-corrected chi connectivity index (χ1v) is 4.84. The summed E-state index contributed by atoms with van der Waals surface area (Å²) in [6.07, 6.45) is 1.99. The van der Waals surface area contributed by atoms with Gasteiger partial charge in [-0.1, -0.05) is 0 Å².